The number of imidazole rings is 1. The summed E-state index contributed by atoms with van der Waals surface area (Å²) in [6, 6.07) is 9.71. The Balaban J connectivity index is 1.37. The van der Waals surface area contributed by atoms with Crippen LogP contribution in [0.1, 0.15) is 18.5 Å². The second-order valence-corrected chi connectivity index (χ2v) is 8.10. The van der Waals surface area contributed by atoms with Gasteiger partial charge in [-0.15, -0.1) is 0 Å². The molecule has 3 heterocycles. The summed E-state index contributed by atoms with van der Waals surface area (Å²) in [5, 5.41) is 14.1. The van der Waals surface area contributed by atoms with E-state index in [0.29, 0.717) is 11.6 Å². The van der Waals surface area contributed by atoms with Gasteiger partial charge in [-0.1, -0.05) is 11.8 Å². The Bertz CT molecular complexity index is 1180. The minimum atomic E-state index is 0.110. The molecular formula is C20H19N7OS. The van der Waals surface area contributed by atoms with E-state index in [4.69, 9.17) is 4.98 Å². The fourth-order valence-corrected chi connectivity index (χ4v) is 3.84. The van der Waals surface area contributed by atoms with Gasteiger partial charge in [-0.2, -0.15) is 5.10 Å². The molecule has 5 rings (SSSR count). The van der Waals surface area contributed by atoms with E-state index in [1.54, 1.807) is 6.20 Å². The van der Waals surface area contributed by atoms with E-state index < -0.39 is 0 Å². The van der Waals surface area contributed by atoms with Crippen LogP contribution in [-0.4, -0.2) is 30.5 Å². The van der Waals surface area contributed by atoms with Crippen LogP contribution in [0.15, 0.2) is 58.8 Å². The van der Waals surface area contributed by atoms with Crippen molar-refractivity contribution >= 4 is 40.6 Å². The van der Waals surface area contributed by atoms with Gasteiger partial charge in [0.1, 0.15) is 10.8 Å². The van der Waals surface area contributed by atoms with Crippen molar-refractivity contribution in [3.63, 3.8) is 0 Å². The van der Waals surface area contributed by atoms with Crippen LogP contribution in [-0.2, 0) is 4.79 Å². The van der Waals surface area contributed by atoms with E-state index in [2.05, 4.69) is 25.8 Å². The van der Waals surface area contributed by atoms with Crippen LogP contribution < -0.4 is 10.6 Å². The van der Waals surface area contributed by atoms with E-state index in [0.717, 1.165) is 39.8 Å². The van der Waals surface area contributed by atoms with E-state index in [-0.39, 0.29) is 11.8 Å². The lowest BCUT2D eigenvalue weighted by molar-refractivity contribution is -0.117. The van der Waals surface area contributed by atoms with Crippen LogP contribution in [0.5, 0.6) is 0 Å². The number of hydrogen-bond acceptors (Lipinski definition) is 6. The second-order valence-electron chi connectivity index (χ2n) is 7.04. The number of carbonyl (C=O) groups is 1. The number of benzene rings is 1. The highest BCUT2D eigenvalue weighted by atomic mass is 32.2. The van der Waals surface area contributed by atoms with Gasteiger partial charge in [-0.3, -0.25) is 9.89 Å². The maximum Gasteiger partial charge on any atom is 0.227 e. The third-order valence-corrected chi connectivity index (χ3v) is 5.56. The summed E-state index contributed by atoms with van der Waals surface area (Å²) >= 11 is 1.52. The van der Waals surface area contributed by atoms with Crippen molar-refractivity contribution in [1.82, 2.24) is 24.6 Å². The number of nitrogens with one attached hydrogen (secondary N) is 3. The van der Waals surface area contributed by atoms with Gasteiger partial charge in [0, 0.05) is 40.7 Å². The van der Waals surface area contributed by atoms with Gasteiger partial charge in [0.05, 0.1) is 6.20 Å². The first-order valence-corrected chi connectivity index (χ1v) is 10.2. The first-order chi connectivity index (χ1) is 14.1. The Hall–Kier alpha value is -3.33. The molecule has 9 heteroatoms. The lowest BCUT2D eigenvalue weighted by atomic mass is 10.3. The summed E-state index contributed by atoms with van der Waals surface area (Å²) in [6.45, 7) is 1.95. The average Bonchev–Trinajstić information content (AvgIpc) is 3.32. The molecule has 3 aromatic heterocycles. The molecule has 4 aromatic rings. The van der Waals surface area contributed by atoms with Gasteiger partial charge in [0.15, 0.2) is 11.5 Å². The molecule has 1 aromatic carbocycles. The summed E-state index contributed by atoms with van der Waals surface area (Å²) in [4.78, 5) is 22.1. The lowest BCUT2D eigenvalue weighted by Gasteiger charge is -2.09. The number of rotatable bonds is 6. The van der Waals surface area contributed by atoms with Crippen molar-refractivity contribution in [2.75, 3.05) is 10.6 Å². The third kappa shape index (κ3) is 3.95. The molecule has 0 spiro atoms. The highest BCUT2D eigenvalue weighted by molar-refractivity contribution is 7.99. The van der Waals surface area contributed by atoms with E-state index >= 15 is 0 Å². The first-order valence-electron chi connectivity index (χ1n) is 9.35. The molecule has 0 radical (unpaired) electrons. The van der Waals surface area contributed by atoms with Gasteiger partial charge in [-0.25, -0.2) is 9.97 Å². The maximum absolute atomic E-state index is 11.9. The van der Waals surface area contributed by atoms with Crippen molar-refractivity contribution in [3.05, 3.63) is 54.6 Å². The number of anilines is 3. The zero-order valence-corrected chi connectivity index (χ0v) is 16.5. The third-order valence-electron chi connectivity index (χ3n) is 4.59. The molecule has 0 aliphatic heterocycles. The molecule has 29 heavy (non-hydrogen) atoms. The second kappa shape index (κ2) is 7.25. The van der Waals surface area contributed by atoms with Crippen molar-refractivity contribution < 1.29 is 4.79 Å². The van der Waals surface area contributed by atoms with Crippen molar-refractivity contribution in [2.45, 2.75) is 29.7 Å². The van der Waals surface area contributed by atoms with Crippen molar-refractivity contribution in [3.8, 4) is 0 Å². The van der Waals surface area contributed by atoms with Gasteiger partial charge < -0.3 is 15.0 Å². The van der Waals surface area contributed by atoms with Gasteiger partial charge in [0.2, 0.25) is 5.91 Å². The van der Waals surface area contributed by atoms with Crippen LogP contribution in [0.3, 0.4) is 0 Å². The zero-order valence-electron chi connectivity index (χ0n) is 15.7. The average molecular weight is 405 g/mol. The standard InChI is InChI=1S/C20H19N7OS/c1-12-10-16(26-25-12)23-17-11-27-9-8-21-18(27)20(24-17)29-15-6-4-14(5-7-15)22-19(28)13-2-3-13/h4-11,13H,2-3H2,1H3,(H,22,28)(H2,23,25,26). The molecule has 1 amide bonds. The molecule has 0 bridgehead atoms. The smallest absolute Gasteiger partial charge is 0.227 e. The number of hydrogen-bond donors (Lipinski definition) is 3. The normalized spacial score (nSPS) is 13.6. The summed E-state index contributed by atoms with van der Waals surface area (Å²) < 4.78 is 1.93. The number of fused-ring (bicyclic) bond motifs is 1. The Morgan fingerprint density at radius 2 is 2.07 bits per heavy atom. The highest BCUT2D eigenvalue weighted by Crippen LogP contribution is 2.33. The fourth-order valence-electron chi connectivity index (χ4n) is 2.95. The van der Waals surface area contributed by atoms with Gasteiger partial charge in [-0.05, 0) is 44.0 Å². The number of carbonyl (C=O) groups excluding carboxylic acids is 1. The first kappa shape index (κ1) is 17.7. The summed E-state index contributed by atoms with van der Waals surface area (Å²) in [7, 11) is 0. The number of aromatic nitrogens is 5. The number of H-pyrrole nitrogens is 1. The van der Waals surface area contributed by atoms with Crippen LogP contribution in [0.2, 0.25) is 0 Å². The van der Waals surface area contributed by atoms with Gasteiger partial charge >= 0.3 is 0 Å². The van der Waals surface area contributed by atoms with E-state index in [9.17, 15) is 4.79 Å². The minimum absolute atomic E-state index is 0.110. The molecule has 8 nitrogen and oxygen atoms in total. The number of aryl methyl sites for hydroxylation is 1. The fraction of sp³-hybridized carbons (Fsp3) is 0.200. The molecule has 3 N–H and O–H groups in total. The van der Waals surface area contributed by atoms with Crippen LogP contribution >= 0.6 is 11.8 Å². The zero-order chi connectivity index (χ0) is 19.8. The number of nitrogens with zero attached hydrogens (tertiary/aromatic N) is 4. The summed E-state index contributed by atoms with van der Waals surface area (Å²) in [5.74, 6) is 1.69. The molecular weight excluding hydrogens is 386 g/mol. The van der Waals surface area contributed by atoms with E-state index in [1.807, 2.05) is 54.0 Å². The van der Waals surface area contributed by atoms with Crippen LogP contribution in [0.4, 0.5) is 17.3 Å². The topological polar surface area (TPSA) is 100 Å². The number of amides is 1. The van der Waals surface area contributed by atoms with Crippen LogP contribution in [0, 0.1) is 12.8 Å². The molecule has 1 aliphatic rings. The van der Waals surface area contributed by atoms with Crippen molar-refractivity contribution in [2.24, 2.45) is 5.92 Å². The van der Waals surface area contributed by atoms with Gasteiger partial charge in [0.25, 0.3) is 0 Å². The van der Waals surface area contributed by atoms with Crippen molar-refractivity contribution in [1.29, 1.82) is 0 Å². The monoisotopic (exact) mass is 405 g/mol. The molecule has 0 saturated heterocycles. The quantitative estimate of drug-likeness (QED) is 0.448. The summed E-state index contributed by atoms with van der Waals surface area (Å²) in [5.41, 5.74) is 2.57. The molecule has 1 fully saturated rings. The highest BCUT2D eigenvalue weighted by Gasteiger charge is 2.29. The predicted octanol–water partition coefficient (Wildman–Crippen LogP) is 4.00. The Morgan fingerprint density at radius 1 is 1.24 bits per heavy atom. The SMILES string of the molecule is Cc1cc(Nc2cn3ccnc3c(Sc3ccc(NC(=O)C4CC4)cc3)n2)n[nH]1. The Morgan fingerprint density at radius 3 is 2.79 bits per heavy atom. The minimum Gasteiger partial charge on any atom is -0.326 e. The molecule has 0 unspecified atom stereocenters. The Labute approximate surface area is 171 Å². The van der Waals surface area contributed by atoms with E-state index in [1.165, 1.54) is 11.8 Å². The molecule has 1 aliphatic carbocycles. The Kier molecular flexibility index (Phi) is 4.44. The molecule has 146 valence electrons. The maximum atomic E-state index is 11.9. The molecule has 1 saturated carbocycles. The lowest BCUT2D eigenvalue weighted by Crippen LogP contribution is -2.12. The summed E-state index contributed by atoms with van der Waals surface area (Å²) in [6.07, 6.45) is 7.51. The molecule has 0 atom stereocenters. The largest absolute Gasteiger partial charge is 0.326 e. The number of aromatic amines is 1. The van der Waals surface area contributed by atoms with Crippen LogP contribution in [0.25, 0.3) is 5.65 Å². The predicted molar refractivity (Wildman–Crippen MR) is 112 cm³/mol.